The van der Waals surface area contributed by atoms with Crippen LogP contribution < -0.4 is 0 Å². The molecule has 0 spiro atoms. The van der Waals surface area contributed by atoms with Crippen LogP contribution in [-0.4, -0.2) is 80.5 Å². The summed E-state index contributed by atoms with van der Waals surface area (Å²) in [4.78, 5) is 26.7. The molecule has 2 aromatic rings. The zero-order valence-corrected chi connectivity index (χ0v) is 24.0. The van der Waals surface area contributed by atoms with Crippen molar-refractivity contribution in [2.24, 2.45) is 11.8 Å². The molecule has 0 saturated carbocycles. The van der Waals surface area contributed by atoms with Crippen molar-refractivity contribution in [3.63, 3.8) is 0 Å². The average Bonchev–Trinajstić information content (AvgIpc) is 3.57. The van der Waals surface area contributed by atoms with Gasteiger partial charge < -0.3 is 14.2 Å². The molecule has 3 aliphatic carbocycles. The smallest absolute Gasteiger partial charge is 0.432 e. The lowest BCUT2D eigenvalue weighted by molar-refractivity contribution is -0.261. The van der Waals surface area contributed by atoms with Gasteiger partial charge in [-0.25, -0.2) is 0 Å². The van der Waals surface area contributed by atoms with Gasteiger partial charge in [-0.1, -0.05) is 48.5 Å². The van der Waals surface area contributed by atoms with E-state index in [1.807, 2.05) is 48.5 Å². The quantitative estimate of drug-likeness (QED) is 0.207. The first-order valence-corrected chi connectivity index (χ1v) is 16.4. The van der Waals surface area contributed by atoms with E-state index >= 15 is 0 Å². The summed E-state index contributed by atoms with van der Waals surface area (Å²) < 4.78 is 145. The van der Waals surface area contributed by atoms with Crippen LogP contribution in [0.1, 0.15) is 40.5 Å². The van der Waals surface area contributed by atoms with Crippen molar-refractivity contribution in [3.05, 3.63) is 70.8 Å². The Bertz CT molecular complexity index is 1780. The molecular formula is C27H21F5O11S2. The molecule has 0 radical (unpaired) electrons. The SMILES string of the molecule is O=C(OC1C2OS(=O)(=O)C3C2OC1C3C(=O)OC(C(F)(F)F)C(F)(F)S(=O)(=O)O)C1CC2c3ccccc3C1c1ccccc12. The molecule has 4 bridgehead atoms. The zero-order valence-electron chi connectivity index (χ0n) is 22.3. The molecule has 18 heteroatoms. The van der Waals surface area contributed by atoms with Crippen LogP contribution >= 0.6 is 0 Å². The molecule has 6 aliphatic rings. The maximum absolute atomic E-state index is 14.1. The normalized spacial score (nSPS) is 34.6. The number of hydrogen-bond donors (Lipinski definition) is 1. The minimum atomic E-state index is -6.76. The van der Waals surface area contributed by atoms with E-state index in [1.165, 1.54) is 0 Å². The highest BCUT2D eigenvalue weighted by molar-refractivity contribution is 7.87. The molecule has 0 aromatic heterocycles. The van der Waals surface area contributed by atoms with Gasteiger partial charge in [-0.05, 0) is 28.7 Å². The predicted molar refractivity (Wildman–Crippen MR) is 137 cm³/mol. The summed E-state index contributed by atoms with van der Waals surface area (Å²) in [6.07, 6.45) is -17.1. The summed E-state index contributed by atoms with van der Waals surface area (Å²) in [5.41, 5.74) is 3.78. The van der Waals surface area contributed by atoms with Gasteiger partial charge in [0.2, 0.25) is 0 Å². The Labute approximate surface area is 251 Å². The van der Waals surface area contributed by atoms with Gasteiger partial charge in [-0.3, -0.25) is 18.3 Å². The molecule has 3 fully saturated rings. The average molecular weight is 681 g/mol. The van der Waals surface area contributed by atoms with Gasteiger partial charge in [-0.15, -0.1) is 0 Å². The van der Waals surface area contributed by atoms with Crippen LogP contribution in [0.5, 0.6) is 0 Å². The lowest BCUT2D eigenvalue weighted by Gasteiger charge is -2.44. The molecule has 242 valence electrons. The second-order valence-electron chi connectivity index (χ2n) is 11.5. The Morgan fingerprint density at radius 1 is 0.889 bits per heavy atom. The van der Waals surface area contributed by atoms with Crippen LogP contribution in [0.2, 0.25) is 0 Å². The van der Waals surface area contributed by atoms with E-state index in [1.54, 1.807) is 0 Å². The molecular weight excluding hydrogens is 659 g/mol. The number of benzene rings is 2. The fourth-order valence-corrected chi connectivity index (χ4v) is 9.76. The summed E-state index contributed by atoms with van der Waals surface area (Å²) >= 11 is 0. The molecule has 45 heavy (non-hydrogen) atoms. The topological polar surface area (TPSA) is 160 Å². The Kier molecular flexibility index (Phi) is 6.54. The van der Waals surface area contributed by atoms with Crippen molar-refractivity contribution < 1.29 is 71.3 Å². The first kappa shape index (κ1) is 30.5. The van der Waals surface area contributed by atoms with E-state index in [9.17, 15) is 48.4 Å². The fourth-order valence-electron chi connectivity index (χ4n) is 7.47. The monoisotopic (exact) mass is 680 g/mol. The zero-order chi connectivity index (χ0) is 32.4. The minimum Gasteiger partial charge on any atom is -0.456 e. The Balaban J connectivity index is 1.18. The van der Waals surface area contributed by atoms with Gasteiger partial charge in [0.25, 0.3) is 16.2 Å². The lowest BCUT2D eigenvalue weighted by Crippen LogP contribution is -2.55. The molecule has 3 aliphatic heterocycles. The predicted octanol–water partition coefficient (Wildman–Crippen LogP) is 2.64. The van der Waals surface area contributed by atoms with E-state index in [0.29, 0.717) is 6.42 Å². The Morgan fingerprint density at radius 3 is 1.98 bits per heavy atom. The molecule has 1 N–H and O–H groups in total. The number of rotatable bonds is 6. The number of hydrogen-bond acceptors (Lipinski definition) is 10. The van der Waals surface area contributed by atoms with Crippen molar-refractivity contribution in [3.8, 4) is 0 Å². The van der Waals surface area contributed by atoms with Crippen molar-refractivity contribution in [1.82, 2.24) is 0 Å². The van der Waals surface area contributed by atoms with E-state index in [2.05, 4.69) is 4.74 Å². The molecule has 8 unspecified atom stereocenters. The minimum absolute atomic E-state index is 0.185. The molecule has 8 rings (SSSR count). The molecule has 2 aromatic carbocycles. The highest BCUT2D eigenvalue weighted by Crippen LogP contribution is 2.57. The molecule has 3 saturated heterocycles. The first-order valence-electron chi connectivity index (χ1n) is 13.5. The van der Waals surface area contributed by atoms with Gasteiger partial charge >= 0.3 is 33.5 Å². The number of fused-ring (bicyclic) bond motifs is 2. The summed E-state index contributed by atoms with van der Waals surface area (Å²) in [7, 11) is -11.6. The lowest BCUT2D eigenvalue weighted by atomic mass is 9.59. The van der Waals surface area contributed by atoms with Gasteiger partial charge in [0.15, 0.2) is 6.10 Å². The van der Waals surface area contributed by atoms with E-state index in [-0.39, 0.29) is 5.92 Å². The van der Waals surface area contributed by atoms with Gasteiger partial charge in [-0.2, -0.15) is 38.8 Å². The summed E-state index contributed by atoms with van der Waals surface area (Å²) in [6.45, 7) is 0. The van der Waals surface area contributed by atoms with Gasteiger partial charge in [0, 0.05) is 11.8 Å². The Morgan fingerprint density at radius 2 is 1.44 bits per heavy atom. The summed E-state index contributed by atoms with van der Waals surface area (Å²) in [5.74, 6) is -6.80. The molecule has 11 nitrogen and oxygen atoms in total. The highest BCUT2D eigenvalue weighted by Gasteiger charge is 2.75. The number of carbonyl (C=O) groups excluding carboxylic acids is 2. The summed E-state index contributed by atoms with van der Waals surface area (Å²) in [5, 5.41) is -8.07. The van der Waals surface area contributed by atoms with Crippen molar-refractivity contribution in [1.29, 1.82) is 0 Å². The van der Waals surface area contributed by atoms with E-state index in [4.69, 9.17) is 18.2 Å². The molecule has 0 amide bonds. The summed E-state index contributed by atoms with van der Waals surface area (Å²) in [6, 6.07) is 15.0. The molecule has 3 heterocycles. The third-order valence-electron chi connectivity index (χ3n) is 9.21. The Hall–Kier alpha value is -3.19. The third kappa shape index (κ3) is 4.35. The maximum Gasteiger partial charge on any atom is 0.432 e. The van der Waals surface area contributed by atoms with E-state index < -0.39 is 97.1 Å². The van der Waals surface area contributed by atoms with Crippen molar-refractivity contribution in [2.45, 2.75) is 65.5 Å². The number of halogens is 5. The van der Waals surface area contributed by atoms with Gasteiger partial charge in [0.1, 0.15) is 29.5 Å². The van der Waals surface area contributed by atoms with Crippen molar-refractivity contribution >= 4 is 32.2 Å². The van der Waals surface area contributed by atoms with Crippen molar-refractivity contribution in [2.75, 3.05) is 0 Å². The largest absolute Gasteiger partial charge is 0.456 e. The second-order valence-corrected chi connectivity index (χ2v) is 14.8. The standard InChI is InChI=1S/C27H21F5O11S2/c28-26(29,30)25(27(31,32)45(37,38)39)42-24(34)17-18-19(20-21(40-18)22(17)44(35,36)43-20)41-23(33)15-9-14-10-5-1-3-7-12(10)16(15)13-8-4-2-6-11(13)14/h1-8,14-22,25H,9H2,(H,37,38,39). The molecule has 8 atom stereocenters. The van der Waals surface area contributed by atoms with Gasteiger partial charge in [0.05, 0.1) is 5.92 Å². The van der Waals surface area contributed by atoms with Crippen LogP contribution in [0.3, 0.4) is 0 Å². The second kappa shape index (κ2) is 9.66. The number of alkyl halides is 5. The first-order chi connectivity index (χ1) is 20.9. The van der Waals surface area contributed by atoms with E-state index in [0.717, 1.165) is 22.3 Å². The maximum atomic E-state index is 14.1. The highest BCUT2D eigenvalue weighted by atomic mass is 32.2. The van der Waals surface area contributed by atoms with Crippen LogP contribution in [0.4, 0.5) is 22.0 Å². The number of esters is 2. The van der Waals surface area contributed by atoms with Crippen LogP contribution in [0, 0.1) is 11.8 Å². The fraction of sp³-hybridized carbons (Fsp3) is 0.481. The van der Waals surface area contributed by atoms with Crippen LogP contribution in [-0.2, 0) is 48.2 Å². The third-order valence-corrected chi connectivity index (χ3v) is 11.8. The number of carbonyl (C=O) groups is 2. The van der Waals surface area contributed by atoms with Crippen LogP contribution in [0.15, 0.2) is 48.5 Å². The van der Waals surface area contributed by atoms with Crippen LogP contribution in [0.25, 0.3) is 0 Å². The number of ether oxygens (including phenoxy) is 3.